The average Bonchev–Trinajstić information content (AvgIpc) is 2.67. The number of nitrogens with zero attached hydrogens (tertiary/aromatic N) is 2. The van der Waals surface area contributed by atoms with E-state index in [-0.39, 0.29) is 36.7 Å². The molecular formula is C19H27N3O4. The second kappa shape index (κ2) is 8.78. The van der Waals surface area contributed by atoms with Gasteiger partial charge in [0.2, 0.25) is 5.91 Å². The smallest absolute Gasteiger partial charge is 0.311 e. The fourth-order valence-electron chi connectivity index (χ4n) is 3.27. The van der Waals surface area contributed by atoms with E-state index in [0.29, 0.717) is 18.7 Å². The Morgan fingerprint density at radius 2 is 2.00 bits per heavy atom. The first-order valence-corrected chi connectivity index (χ1v) is 8.90. The normalized spacial score (nSPS) is 17.5. The van der Waals surface area contributed by atoms with Gasteiger partial charge in [-0.1, -0.05) is 0 Å². The maximum absolute atomic E-state index is 12.5. The molecule has 7 heteroatoms. The lowest BCUT2D eigenvalue weighted by molar-refractivity contribution is -0.156. The number of hydrogen-bond acceptors (Lipinski definition) is 5. The highest BCUT2D eigenvalue weighted by molar-refractivity contribution is 5.94. The van der Waals surface area contributed by atoms with E-state index in [9.17, 15) is 14.4 Å². The van der Waals surface area contributed by atoms with Crippen LogP contribution in [0.2, 0.25) is 0 Å². The molecule has 1 N–H and O–H groups in total. The van der Waals surface area contributed by atoms with Crippen LogP contribution in [0.4, 0.5) is 0 Å². The van der Waals surface area contributed by atoms with Crippen molar-refractivity contribution in [3.05, 3.63) is 30.1 Å². The molecule has 1 aliphatic heterocycles. The van der Waals surface area contributed by atoms with Crippen LogP contribution in [-0.2, 0) is 14.3 Å². The first kappa shape index (κ1) is 19.9. The second-order valence-electron chi connectivity index (χ2n) is 7.13. The summed E-state index contributed by atoms with van der Waals surface area (Å²) in [7, 11) is 1.39. The standard InChI is InChI=1S/C19H27N3O4/c1-19(2,18(25)26-3)15-5-4-12-22(13-15)16(23)8-11-21-17(24)14-6-9-20-10-7-14/h6-7,9-10,15H,4-5,8,11-13H2,1-3H3,(H,21,24). The Balaban J connectivity index is 1.83. The first-order chi connectivity index (χ1) is 12.4. The van der Waals surface area contributed by atoms with Gasteiger partial charge in [-0.3, -0.25) is 19.4 Å². The summed E-state index contributed by atoms with van der Waals surface area (Å²) in [5, 5.41) is 2.75. The van der Waals surface area contributed by atoms with Gasteiger partial charge in [-0.2, -0.15) is 0 Å². The minimum atomic E-state index is -0.622. The van der Waals surface area contributed by atoms with Gasteiger partial charge in [0.25, 0.3) is 5.91 Å². The molecular weight excluding hydrogens is 334 g/mol. The molecule has 0 bridgehead atoms. The predicted molar refractivity (Wildman–Crippen MR) is 96.3 cm³/mol. The molecule has 0 spiro atoms. The quantitative estimate of drug-likeness (QED) is 0.778. The van der Waals surface area contributed by atoms with Gasteiger partial charge in [0.05, 0.1) is 12.5 Å². The van der Waals surface area contributed by atoms with E-state index in [1.165, 1.54) is 7.11 Å². The number of amides is 2. The van der Waals surface area contributed by atoms with E-state index in [2.05, 4.69) is 10.3 Å². The van der Waals surface area contributed by atoms with Crippen molar-refractivity contribution in [2.75, 3.05) is 26.7 Å². The van der Waals surface area contributed by atoms with Crippen LogP contribution < -0.4 is 5.32 Å². The Kier molecular flexibility index (Phi) is 6.71. The number of likely N-dealkylation sites (tertiary alicyclic amines) is 1. The number of ether oxygens (including phenoxy) is 1. The Bertz CT molecular complexity index is 645. The van der Waals surface area contributed by atoms with Crippen molar-refractivity contribution in [2.24, 2.45) is 11.3 Å². The van der Waals surface area contributed by atoms with Crippen molar-refractivity contribution in [1.82, 2.24) is 15.2 Å². The van der Waals surface area contributed by atoms with E-state index < -0.39 is 5.41 Å². The van der Waals surface area contributed by atoms with Crippen LogP contribution in [0.15, 0.2) is 24.5 Å². The predicted octanol–water partition coefficient (Wildman–Crippen LogP) is 1.64. The van der Waals surface area contributed by atoms with E-state index in [4.69, 9.17) is 4.74 Å². The highest BCUT2D eigenvalue weighted by atomic mass is 16.5. The van der Waals surface area contributed by atoms with Crippen LogP contribution in [0.25, 0.3) is 0 Å². The molecule has 0 aromatic carbocycles. The highest BCUT2D eigenvalue weighted by Crippen LogP contribution is 2.35. The Hall–Kier alpha value is -2.44. The van der Waals surface area contributed by atoms with Gasteiger partial charge >= 0.3 is 5.97 Å². The third-order valence-electron chi connectivity index (χ3n) is 5.07. The molecule has 1 saturated heterocycles. The SMILES string of the molecule is COC(=O)C(C)(C)C1CCCN(C(=O)CCNC(=O)c2ccncc2)C1. The Morgan fingerprint density at radius 3 is 2.65 bits per heavy atom. The van der Waals surface area contributed by atoms with Crippen molar-refractivity contribution < 1.29 is 19.1 Å². The molecule has 2 amide bonds. The second-order valence-corrected chi connectivity index (χ2v) is 7.13. The number of piperidine rings is 1. The third kappa shape index (κ3) is 4.80. The molecule has 1 aromatic heterocycles. The zero-order valence-electron chi connectivity index (χ0n) is 15.7. The summed E-state index contributed by atoms with van der Waals surface area (Å²) in [5.74, 6) is -0.408. The van der Waals surface area contributed by atoms with Crippen LogP contribution in [0, 0.1) is 11.3 Å². The number of nitrogens with one attached hydrogen (secondary N) is 1. The van der Waals surface area contributed by atoms with Crippen LogP contribution in [0.5, 0.6) is 0 Å². The third-order valence-corrected chi connectivity index (χ3v) is 5.07. The lowest BCUT2D eigenvalue weighted by Crippen LogP contribution is -2.47. The monoisotopic (exact) mass is 361 g/mol. The molecule has 142 valence electrons. The summed E-state index contributed by atoms with van der Waals surface area (Å²) >= 11 is 0. The lowest BCUT2D eigenvalue weighted by Gasteiger charge is -2.39. The number of pyridine rings is 1. The largest absolute Gasteiger partial charge is 0.469 e. The average molecular weight is 361 g/mol. The lowest BCUT2D eigenvalue weighted by atomic mass is 9.74. The first-order valence-electron chi connectivity index (χ1n) is 8.90. The molecule has 1 fully saturated rings. The van der Waals surface area contributed by atoms with Crippen LogP contribution in [0.3, 0.4) is 0 Å². The maximum atomic E-state index is 12.5. The van der Waals surface area contributed by atoms with Crippen molar-refractivity contribution in [1.29, 1.82) is 0 Å². The van der Waals surface area contributed by atoms with Crippen molar-refractivity contribution in [3.8, 4) is 0 Å². The minimum Gasteiger partial charge on any atom is -0.469 e. The molecule has 0 radical (unpaired) electrons. The number of carbonyl (C=O) groups excluding carboxylic acids is 3. The Labute approximate surface area is 154 Å². The molecule has 1 atom stereocenters. The fraction of sp³-hybridized carbons (Fsp3) is 0.579. The van der Waals surface area contributed by atoms with Gasteiger partial charge in [0, 0.05) is 44.0 Å². The van der Waals surface area contributed by atoms with E-state index in [1.54, 1.807) is 29.4 Å². The number of hydrogen-bond donors (Lipinski definition) is 1. The summed E-state index contributed by atoms with van der Waals surface area (Å²) in [6, 6.07) is 3.25. The summed E-state index contributed by atoms with van der Waals surface area (Å²) in [6.45, 7) is 5.24. The summed E-state index contributed by atoms with van der Waals surface area (Å²) < 4.78 is 4.90. The molecule has 2 heterocycles. The van der Waals surface area contributed by atoms with Crippen molar-refractivity contribution in [3.63, 3.8) is 0 Å². The minimum absolute atomic E-state index is 0.00889. The van der Waals surface area contributed by atoms with Gasteiger partial charge < -0.3 is 15.0 Å². The number of aromatic nitrogens is 1. The van der Waals surface area contributed by atoms with Gasteiger partial charge in [-0.25, -0.2) is 0 Å². The van der Waals surface area contributed by atoms with E-state index in [0.717, 1.165) is 12.8 Å². The highest BCUT2D eigenvalue weighted by Gasteiger charge is 2.40. The van der Waals surface area contributed by atoms with Crippen molar-refractivity contribution in [2.45, 2.75) is 33.1 Å². The van der Waals surface area contributed by atoms with Gasteiger partial charge in [-0.15, -0.1) is 0 Å². The number of esters is 1. The zero-order valence-corrected chi connectivity index (χ0v) is 15.7. The topological polar surface area (TPSA) is 88.6 Å². The zero-order chi connectivity index (χ0) is 19.2. The van der Waals surface area contributed by atoms with Crippen LogP contribution in [0.1, 0.15) is 43.5 Å². The van der Waals surface area contributed by atoms with Crippen LogP contribution >= 0.6 is 0 Å². The van der Waals surface area contributed by atoms with Gasteiger partial charge in [0.15, 0.2) is 0 Å². The number of carbonyl (C=O) groups is 3. The summed E-state index contributed by atoms with van der Waals surface area (Å²) in [6.07, 6.45) is 5.10. The molecule has 0 aliphatic carbocycles. The van der Waals surface area contributed by atoms with Crippen LogP contribution in [-0.4, -0.2) is 54.4 Å². The summed E-state index contributed by atoms with van der Waals surface area (Å²) in [5.41, 5.74) is -0.103. The maximum Gasteiger partial charge on any atom is 0.311 e. The number of rotatable bonds is 6. The molecule has 1 aliphatic rings. The van der Waals surface area contributed by atoms with E-state index >= 15 is 0 Å². The summed E-state index contributed by atoms with van der Waals surface area (Å²) in [4.78, 5) is 42.1. The van der Waals surface area contributed by atoms with Gasteiger partial charge in [0.1, 0.15) is 0 Å². The molecule has 2 rings (SSSR count). The number of methoxy groups -OCH3 is 1. The van der Waals surface area contributed by atoms with Gasteiger partial charge in [-0.05, 0) is 44.7 Å². The fourth-order valence-corrected chi connectivity index (χ4v) is 3.27. The van der Waals surface area contributed by atoms with Crippen molar-refractivity contribution >= 4 is 17.8 Å². The molecule has 26 heavy (non-hydrogen) atoms. The molecule has 1 unspecified atom stereocenters. The molecule has 1 aromatic rings. The van der Waals surface area contributed by atoms with E-state index in [1.807, 2.05) is 13.8 Å². The Morgan fingerprint density at radius 1 is 1.31 bits per heavy atom. The molecule has 7 nitrogen and oxygen atoms in total. The molecule has 0 saturated carbocycles.